The van der Waals surface area contributed by atoms with E-state index in [1.165, 1.54) is 13.0 Å². The van der Waals surface area contributed by atoms with Gasteiger partial charge in [-0.2, -0.15) is 0 Å². The Balaban J connectivity index is 3.07. The molecular weight excluding hydrogens is 268 g/mol. The lowest BCUT2D eigenvalue weighted by Crippen LogP contribution is -2.45. The van der Waals surface area contributed by atoms with Crippen molar-refractivity contribution >= 4 is 11.9 Å². The van der Waals surface area contributed by atoms with Crippen LogP contribution in [0.25, 0.3) is 0 Å². The summed E-state index contributed by atoms with van der Waals surface area (Å²) in [5.41, 5.74) is -0.633. The number of aliphatic carboxylic acids is 1. The molecule has 0 saturated carbocycles. The number of hydrogen-bond donors (Lipinski definition) is 2. The molecule has 0 heterocycles. The highest BCUT2D eigenvalue weighted by Crippen LogP contribution is 2.17. The molecule has 0 fully saturated rings. The van der Waals surface area contributed by atoms with E-state index in [-0.39, 0.29) is 11.5 Å². The molecule has 1 aromatic rings. The van der Waals surface area contributed by atoms with E-state index in [4.69, 9.17) is 5.11 Å². The molecule has 0 bridgehead atoms. The lowest BCUT2D eigenvalue weighted by Gasteiger charge is -2.20. The number of carbonyl (C=O) groups excluding carboxylic acids is 1. The number of aryl methyl sites for hydroxylation is 1. The molecule has 0 spiro atoms. The van der Waals surface area contributed by atoms with Gasteiger partial charge in [-0.15, -0.1) is 0 Å². The Kier molecular flexibility index (Phi) is 5.19. The summed E-state index contributed by atoms with van der Waals surface area (Å²) in [7, 11) is 0. The predicted molar refractivity (Wildman–Crippen MR) is 69.4 cm³/mol. The van der Waals surface area contributed by atoms with Gasteiger partial charge in [0.2, 0.25) is 0 Å². The van der Waals surface area contributed by atoms with Gasteiger partial charge < -0.3 is 10.4 Å². The van der Waals surface area contributed by atoms with E-state index in [2.05, 4.69) is 5.32 Å². The van der Waals surface area contributed by atoms with E-state index in [0.29, 0.717) is 6.42 Å². The molecule has 0 aliphatic carbocycles. The van der Waals surface area contributed by atoms with E-state index in [1.54, 1.807) is 13.8 Å². The summed E-state index contributed by atoms with van der Waals surface area (Å²) in [6.45, 7) is 4.80. The van der Waals surface area contributed by atoms with Crippen LogP contribution >= 0.6 is 0 Å². The molecule has 0 saturated heterocycles. The maximum absolute atomic E-state index is 13.8. The van der Waals surface area contributed by atoms with Crippen molar-refractivity contribution in [3.05, 3.63) is 34.9 Å². The maximum atomic E-state index is 13.8. The lowest BCUT2D eigenvalue weighted by molar-refractivity contribution is -0.140. The molecule has 0 aliphatic heterocycles. The van der Waals surface area contributed by atoms with Crippen LogP contribution in [0.15, 0.2) is 12.1 Å². The van der Waals surface area contributed by atoms with Crippen molar-refractivity contribution in [3.63, 3.8) is 0 Å². The van der Waals surface area contributed by atoms with Crippen LogP contribution in [0.3, 0.4) is 0 Å². The van der Waals surface area contributed by atoms with Gasteiger partial charge in [0.05, 0.1) is 0 Å². The third-order valence-electron chi connectivity index (χ3n) is 3.28. The number of carbonyl (C=O) groups is 2. The van der Waals surface area contributed by atoms with E-state index in [0.717, 1.165) is 6.07 Å². The fourth-order valence-corrected chi connectivity index (χ4v) is 1.76. The summed E-state index contributed by atoms with van der Waals surface area (Å²) in [6, 6.07) is 1.00. The van der Waals surface area contributed by atoms with Crippen LogP contribution in [0.1, 0.15) is 36.2 Å². The Hall–Kier alpha value is -1.98. The maximum Gasteiger partial charge on any atom is 0.326 e. The van der Waals surface area contributed by atoms with Gasteiger partial charge in [0.25, 0.3) is 5.91 Å². The van der Waals surface area contributed by atoms with Crippen LogP contribution in [-0.4, -0.2) is 23.0 Å². The molecule has 0 aromatic heterocycles. The Morgan fingerprint density at radius 2 is 1.95 bits per heavy atom. The quantitative estimate of drug-likeness (QED) is 0.873. The van der Waals surface area contributed by atoms with Crippen molar-refractivity contribution in [2.45, 2.75) is 33.2 Å². The van der Waals surface area contributed by atoms with Crippen LogP contribution in [0.5, 0.6) is 0 Å². The third kappa shape index (κ3) is 3.31. The molecule has 0 radical (unpaired) electrons. The van der Waals surface area contributed by atoms with Crippen LogP contribution in [-0.2, 0) is 4.79 Å². The second-order valence-corrected chi connectivity index (χ2v) is 4.73. The van der Waals surface area contributed by atoms with Gasteiger partial charge in [-0.3, -0.25) is 4.79 Å². The number of benzene rings is 1. The zero-order chi connectivity index (χ0) is 15.4. The van der Waals surface area contributed by atoms with Gasteiger partial charge in [-0.25, -0.2) is 13.6 Å². The minimum Gasteiger partial charge on any atom is -0.480 e. The zero-order valence-electron chi connectivity index (χ0n) is 11.5. The van der Waals surface area contributed by atoms with Gasteiger partial charge in [0.15, 0.2) is 0 Å². The van der Waals surface area contributed by atoms with Gasteiger partial charge in [-0.05, 0) is 24.5 Å². The number of hydrogen-bond acceptors (Lipinski definition) is 2. The number of halogens is 2. The highest BCUT2D eigenvalue weighted by atomic mass is 19.1. The van der Waals surface area contributed by atoms with Crippen LogP contribution in [0, 0.1) is 24.5 Å². The number of nitrogens with one attached hydrogen (secondary N) is 1. The average Bonchev–Trinajstić information content (AvgIpc) is 2.39. The Morgan fingerprint density at radius 1 is 1.35 bits per heavy atom. The first-order valence-corrected chi connectivity index (χ1v) is 6.27. The summed E-state index contributed by atoms with van der Waals surface area (Å²) in [4.78, 5) is 23.0. The molecular formula is C14H17F2NO3. The summed E-state index contributed by atoms with van der Waals surface area (Å²) in [5, 5.41) is 11.2. The van der Waals surface area contributed by atoms with E-state index >= 15 is 0 Å². The van der Waals surface area contributed by atoms with Crippen LogP contribution < -0.4 is 5.32 Å². The SMILES string of the molecule is CCC(C)[C@H](NC(=O)c1c(F)ccc(C)c1F)C(=O)O. The standard InChI is InChI=1S/C14H17F2NO3/c1-4-7(2)12(14(19)20)17-13(18)10-9(15)6-5-8(3)11(10)16/h5-7,12H,4H2,1-3H3,(H,17,18)(H,19,20)/t7?,12-/m0/s1. The first-order chi connectivity index (χ1) is 9.29. The van der Waals surface area contributed by atoms with Crippen molar-refractivity contribution in [2.24, 2.45) is 5.92 Å². The van der Waals surface area contributed by atoms with E-state index in [9.17, 15) is 18.4 Å². The molecule has 1 aromatic carbocycles. The normalized spacial score (nSPS) is 13.7. The Morgan fingerprint density at radius 3 is 2.45 bits per heavy atom. The van der Waals surface area contributed by atoms with Crippen molar-refractivity contribution in [3.8, 4) is 0 Å². The van der Waals surface area contributed by atoms with Crippen molar-refractivity contribution in [1.29, 1.82) is 0 Å². The van der Waals surface area contributed by atoms with Crippen molar-refractivity contribution in [2.75, 3.05) is 0 Å². The average molecular weight is 285 g/mol. The predicted octanol–water partition coefficient (Wildman–Crippen LogP) is 2.50. The van der Waals surface area contributed by atoms with Gasteiger partial charge in [0, 0.05) is 0 Å². The number of amides is 1. The molecule has 6 heteroatoms. The Labute approximate surface area is 115 Å². The largest absolute Gasteiger partial charge is 0.480 e. The minimum absolute atomic E-state index is 0.118. The van der Waals surface area contributed by atoms with E-state index < -0.39 is 35.1 Å². The number of carboxylic acid groups (broad SMARTS) is 1. The molecule has 1 rings (SSSR count). The number of carboxylic acids is 1. The lowest BCUT2D eigenvalue weighted by atomic mass is 9.98. The Bertz CT molecular complexity index is 531. The first kappa shape index (κ1) is 16.1. The minimum atomic E-state index is -1.24. The summed E-state index contributed by atoms with van der Waals surface area (Å²) < 4.78 is 27.4. The zero-order valence-corrected chi connectivity index (χ0v) is 11.5. The van der Waals surface area contributed by atoms with E-state index in [1.807, 2.05) is 0 Å². The highest BCUT2D eigenvalue weighted by molar-refractivity contribution is 5.97. The second kappa shape index (κ2) is 6.45. The van der Waals surface area contributed by atoms with Gasteiger partial charge >= 0.3 is 5.97 Å². The van der Waals surface area contributed by atoms with Crippen molar-refractivity contribution in [1.82, 2.24) is 5.32 Å². The fourth-order valence-electron chi connectivity index (χ4n) is 1.76. The second-order valence-electron chi connectivity index (χ2n) is 4.73. The van der Waals surface area contributed by atoms with Gasteiger partial charge in [0.1, 0.15) is 23.2 Å². The molecule has 1 amide bonds. The molecule has 4 nitrogen and oxygen atoms in total. The summed E-state index contributed by atoms with van der Waals surface area (Å²) in [6.07, 6.45) is 0.510. The molecule has 0 aliphatic rings. The fraction of sp³-hybridized carbons (Fsp3) is 0.429. The first-order valence-electron chi connectivity index (χ1n) is 6.27. The molecule has 110 valence electrons. The monoisotopic (exact) mass is 285 g/mol. The number of rotatable bonds is 5. The third-order valence-corrected chi connectivity index (χ3v) is 3.28. The topological polar surface area (TPSA) is 66.4 Å². The molecule has 2 N–H and O–H groups in total. The van der Waals surface area contributed by atoms with Crippen molar-refractivity contribution < 1.29 is 23.5 Å². The smallest absolute Gasteiger partial charge is 0.326 e. The summed E-state index contributed by atoms with van der Waals surface area (Å²) >= 11 is 0. The summed E-state index contributed by atoms with van der Waals surface area (Å²) in [5.74, 6) is -4.64. The van der Waals surface area contributed by atoms with Crippen LogP contribution in [0.2, 0.25) is 0 Å². The van der Waals surface area contributed by atoms with Crippen LogP contribution in [0.4, 0.5) is 8.78 Å². The highest BCUT2D eigenvalue weighted by Gasteiger charge is 2.28. The molecule has 20 heavy (non-hydrogen) atoms. The molecule has 1 unspecified atom stereocenters. The molecule has 2 atom stereocenters. The van der Waals surface area contributed by atoms with Gasteiger partial charge in [-0.1, -0.05) is 26.3 Å².